The van der Waals surface area contributed by atoms with Crippen molar-refractivity contribution >= 4 is 10.0 Å². The van der Waals surface area contributed by atoms with Crippen LogP contribution < -0.4 is 0 Å². The molecule has 0 fully saturated rings. The average Bonchev–Trinajstić information content (AvgIpc) is 2.70. The molecular formula is C12H21NO4S. The van der Waals surface area contributed by atoms with Gasteiger partial charge >= 0.3 is 0 Å². The number of aliphatic hydroxyl groups excluding tert-OH is 1. The summed E-state index contributed by atoms with van der Waals surface area (Å²) in [6.07, 6.45) is 1.73. The van der Waals surface area contributed by atoms with Crippen molar-refractivity contribution in [2.75, 3.05) is 7.05 Å². The maximum atomic E-state index is 12.4. The molecule has 0 radical (unpaired) electrons. The van der Waals surface area contributed by atoms with Gasteiger partial charge in [-0.2, -0.15) is 4.31 Å². The lowest BCUT2D eigenvalue weighted by atomic mass is 10.2. The van der Waals surface area contributed by atoms with Crippen LogP contribution >= 0.6 is 0 Å². The molecule has 0 bridgehead atoms. The van der Waals surface area contributed by atoms with Crippen LogP contribution in [0.15, 0.2) is 15.4 Å². The zero-order valence-corrected chi connectivity index (χ0v) is 12.1. The smallest absolute Gasteiger partial charge is 0.246 e. The zero-order valence-electron chi connectivity index (χ0n) is 11.3. The fraction of sp³-hybridized carbons (Fsp3) is 0.667. The van der Waals surface area contributed by atoms with Crippen molar-refractivity contribution in [2.45, 2.75) is 51.2 Å². The van der Waals surface area contributed by atoms with E-state index in [2.05, 4.69) is 0 Å². The predicted octanol–water partition coefficient (Wildman–Crippen LogP) is 1.89. The highest BCUT2D eigenvalue weighted by Crippen LogP contribution is 2.24. The lowest BCUT2D eigenvalue weighted by molar-refractivity contribution is 0.244. The van der Waals surface area contributed by atoms with Gasteiger partial charge in [0.05, 0.1) is 0 Å². The summed E-state index contributed by atoms with van der Waals surface area (Å²) in [5.41, 5.74) is 0. The van der Waals surface area contributed by atoms with Crippen LogP contribution in [0.3, 0.4) is 0 Å². The van der Waals surface area contributed by atoms with Crippen molar-refractivity contribution in [1.82, 2.24) is 4.31 Å². The van der Waals surface area contributed by atoms with E-state index in [4.69, 9.17) is 9.52 Å². The first-order chi connectivity index (χ1) is 8.34. The first kappa shape index (κ1) is 15.2. The predicted molar refractivity (Wildman–Crippen MR) is 68.7 cm³/mol. The maximum absolute atomic E-state index is 12.4. The van der Waals surface area contributed by atoms with Crippen LogP contribution in [0.5, 0.6) is 0 Å². The van der Waals surface area contributed by atoms with Gasteiger partial charge in [-0.15, -0.1) is 0 Å². The van der Waals surface area contributed by atoms with Crippen molar-refractivity contribution in [3.63, 3.8) is 0 Å². The molecule has 1 aromatic rings. The van der Waals surface area contributed by atoms with Crippen LogP contribution in [0.2, 0.25) is 0 Å². The molecule has 1 unspecified atom stereocenters. The van der Waals surface area contributed by atoms with E-state index in [0.717, 1.165) is 12.8 Å². The second kappa shape index (κ2) is 5.86. The molecule has 18 heavy (non-hydrogen) atoms. The van der Waals surface area contributed by atoms with Crippen molar-refractivity contribution in [2.24, 2.45) is 0 Å². The van der Waals surface area contributed by atoms with Gasteiger partial charge < -0.3 is 9.52 Å². The number of hydrogen-bond acceptors (Lipinski definition) is 4. The van der Waals surface area contributed by atoms with Crippen LogP contribution in [-0.2, 0) is 16.6 Å². The molecular weight excluding hydrogens is 254 g/mol. The third kappa shape index (κ3) is 2.93. The van der Waals surface area contributed by atoms with E-state index in [1.807, 2.05) is 13.8 Å². The SMILES string of the molecule is CCCC(C)N(C)S(=O)(=O)c1cc(CO)oc1C. The largest absolute Gasteiger partial charge is 0.462 e. The molecule has 0 aliphatic rings. The van der Waals surface area contributed by atoms with Crippen molar-refractivity contribution in [3.8, 4) is 0 Å². The third-order valence-electron chi connectivity index (χ3n) is 3.06. The Kier molecular flexibility index (Phi) is 4.95. The first-order valence-electron chi connectivity index (χ1n) is 6.02. The van der Waals surface area contributed by atoms with Crippen LogP contribution in [0, 0.1) is 6.92 Å². The zero-order chi connectivity index (χ0) is 13.9. The number of nitrogens with zero attached hydrogens (tertiary/aromatic N) is 1. The van der Waals surface area contributed by atoms with Gasteiger partial charge in [0, 0.05) is 19.2 Å². The Labute approximate surface area is 108 Å². The Bertz CT molecular complexity index is 492. The number of rotatable bonds is 6. The second-order valence-electron chi connectivity index (χ2n) is 4.45. The molecule has 1 heterocycles. The quantitative estimate of drug-likeness (QED) is 0.860. The third-order valence-corrected chi connectivity index (χ3v) is 5.14. The minimum atomic E-state index is -3.55. The average molecular weight is 275 g/mol. The molecule has 1 aromatic heterocycles. The lowest BCUT2D eigenvalue weighted by Gasteiger charge is -2.23. The van der Waals surface area contributed by atoms with Crippen LogP contribution in [0.4, 0.5) is 0 Å². The van der Waals surface area contributed by atoms with E-state index in [0.29, 0.717) is 5.76 Å². The normalized spacial score (nSPS) is 14.1. The number of aryl methyl sites for hydroxylation is 1. The topological polar surface area (TPSA) is 70.8 Å². The van der Waals surface area contributed by atoms with Crippen molar-refractivity contribution in [1.29, 1.82) is 0 Å². The number of furan rings is 1. The Morgan fingerprint density at radius 1 is 1.50 bits per heavy atom. The van der Waals surface area contributed by atoms with E-state index in [1.165, 1.54) is 10.4 Å². The minimum Gasteiger partial charge on any atom is -0.462 e. The number of aliphatic hydroxyl groups is 1. The van der Waals surface area contributed by atoms with Crippen LogP contribution in [0.1, 0.15) is 38.2 Å². The summed E-state index contributed by atoms with van der Waals surface area (Å²) in [4.78, 5) is 0.136. The number of sulfonamides is 1. The first-order valence-corrected chi connectivity index (χ1v) is 7.46. The molecule has 0 amide bonds. The fourth-order valence-electron chi connectivity index (χ4n) is 1.85. The minimum absolute atomic E-state index is 0.0631. The summed E-state index contributed by atoms with van der Waals surface area (Å²) in [6, 6.07) is 1.33. The van der Waals surface area contributed by atoms with E-state index in [-0.39, 0.29) is 23.3 Å². The molecule has 0 saturated heterocycles. The lowest BCUT2D eigenvalue weighted by Crippen LogP contribution is -2.35. The summed E-state index contributed by atoms with van der Waals surface area (Å²) < 4.78 is 31.3. The molecule has 0 aliphatic heterocycles. The molecule has 6 heteroatoms. The molecule has 0 saturated carbocycles. The summed E-state index contributed by atoms with van der Waals surface area (Å²) in [7, 11) is -1.98. The Hall–Kier alpha value is -0.850. The second-order valence-corrected chi connectivity index (χ2v) is 6.42. The van der Waals surface area contributed by atoms with Gasteiger partial charge in [0.15, 0.2) is 0 Å². The monoisotopic (exact) mass is 275 g/mol. The summed E-state index contributed by atoms with van der Waals surface area (Å²) in [6.45, 7) is 5.18. The summed E-state index contributed by atoms with van der Waals surface area (Å²) >= 11 is 0. The van der Waals surface area contributed by atoms with E-state index in [9.17, 15) is 8.42 Å². The fourth-order valence-corrected chi connectivity index (χ4v) is 3.42. The Morgan fingerprint density at radius 2 is 2.11 bits per heavy atom. The van der Waals surface area contributed by atoms with Gasteiger partial charge in [-0.3, -0.25) is 0 Å². The Balaban J connectivity index is 3.08. The highest BCUT2D eigenvalue weighted by Gasteiger charge is 2.28. The molecule has 0 spiro atoms. The van der Waals surface area contributed by atoms with Gasteiger partial charge in [0.25, 0.3) is 0 Å². The highest BCUT2D eigenvalue weighted by molar-refractivity contribution is 7.89. The number of hydrogen-bond donors (Lipinski definition) is 1. The molecule has 1 N–H and O–H groups in total. The van der Waals surface area contributed by atoms with Crippen molar-refractivity contribution < 1.29 is 17.9 Å². The Morgan fingerprint density at radius 3 is 2.56 bits per heavy atom. The molecule has 0 aliphatic carbocycles. The van der Waals surface area contributed by atoms with Gasteiger partial charge in [0.1, 0.15) is 23.0 Å². The molecule has 104 valence electrons. The molecule has 5 nitrogen and oxygen atoms in total. The van der Waals surface area contributed by atoms with Crippen LogP contribution in [0.25, 0.3) is 0 Å². The highest BCUT2D eigenvalue weighted by atomic mass is 32.2. The van der Waals surface area contributed by atoms with E-state index < -0.39 is 10.0 Å². The van der Waals surface area contributed by atoms with Crippen molar-refractivity contribution in [3.05, 3.63) is 17.6 Å². The van der Waals surface area contributed by atoms with Gasteiger partial charge in [-0.05, 0) is 20.3 Å². The van der Waals surface area contributed by atoms with E-state index >= 15 is 0 Å². The molecule has 1 atom stereocenters. The summed E-state index contributed by atoms with van der Waals surface area (Å²) in [5, 5.41) is 8.97. The van der Waals surface area contributed by atoms with E-state index in [1.54, 1.807) is 14.0 Å². The summed E-state index contributed by atoms with van der Waals surface area (Å²) in [5.74, 6) is 0.581. The maximum Gasteiger partial charge on any atom is 0.246 e. The van der Waals surface area contributed by atoms with Gasteiger partial charge in [-0.25, -0.2) is 8.42 Å². The van der Waals surface area contributed by atoms with Gasteiger partial charge in [-0.1, -0.05) is 13.3 Å². The molecule has 1 rings (SSSR count). The molecule has 0 aromatic carbocycles. The van der Waals surface area contributed by atoms with Crippen LogP contribution in [-0.4, -0.2) is 30.9 Å². The van der Waals surface area contributed by atoms with Gasteiger partial charge in [0.2, 0.25) is 10.0 Å². The standard InChI is InChI=1S/C12H21NO4S/c1-5-6-9(2)13(4)18(15,16)12-7-11(8-14)17-10(12)3/h7,9,14H,5-6,8H2,1-4H3.